The smallest absolute Gasteiger partial charge is 1.00 e. The van der Waals surface area contributed by atoms with Crippen molar-refractivity contribution in [1.29, 1.82) is 0 Å². The molecule has 0 heterocycles. The van der Waals surface area contributed by atoms with Gasteiger partial charge in [0.1, 0.15) is 0 Å². The quantitative estimate of drug-likeness (QED) is 0.211. The van der Waals surface area contributed by atoms with Crippen LogP contribution in [0.25, 0.3) is 0 Å². The van der Waals surface area contributed by atoms with E-state index in [2.05, 4.69) is 6.92 Å². The number of hydrogen-bond donors (Lipinski definition) is 2. The summed E-state index contributed by atoms with van der Waals surface area (Å²) in [4.78, 5) is 19.4. The fraction of sp³-hybridized carbons (Fsp3) is 0.917. The van der Waals surface area contributed by atoms with Gasteiger partial charge in [0.2, 0.25) is 0 Å². The van der Waals surface area contributed by atoms with Crippen molar-refractivity contribution in [2.45, 2.75) is 142 Å². The predicted molar refractivity (Wildman–Crippen MR) is 120 cm³/mol. The average Bonchev–Trinajstić information content (AvgIpc) is 2.63. The van der Waals surface area contributed by atoms with Crippen molar-refractivity contribution in [2.75, 3.05) is 0 Å². The van der Waals surface area contributed by atoms with Gasteiger partial charge < -0.3 is 11.6 Å². The molecule has 0 radical (unpaired) electrons. The largest absolute Gasteiger partial charge is 1.00 e. The van der Waals surface area contributed by atoms with Crippen molar-refractivity contribution >= 4 is 11.9 Å². The molecule has 170 valence electrons. The minimum atomic E-state index is -0.833. The van der Waals surface area contributed by atoms with Crippen LogP contribution in [0.15, 0.2) is 0 Å². The van der Waals surface area contributed by atoms with Gasteiger partial charge in [-0.25, -0.2) is 0 Å². The maximum Gasteiger partial charge on any atom is 1.00 e. The van der Waals surface area contributed by atoms with Crippen LogP contribution in [0.2, 0.25) is 0 Å². The molecule has 0 aliphatic heterocycles. The molecule has 29 heavy (non-hydrogen) atoms. The molecule has 0 fully saturated rings. The second kappa shape index (κ2) is 30.1. The molecule has 0 aliphatic carbocycles. The van der Waals surface area contributed by atoms with E-state index in [1.807, 2.05) is 0 Å². The third kappa shape index (κ3) is 42.9. The second-order valence-corrected chi connectivity index (χ2v) is 8.03. The van der Waals surface area contributed by atoms with Gasteiger partial charge in [-0.3, -0.25) is 9.59 Å². The fourth-order valence-corrected chi connectivity index (χ4v) is 3.35. The van der Waals surface area contributed by atoms with E-state index in [1.54, 1.807) is 0 Å². The van der Waals surface area contributed by atoms with Crippen molar-refractivity contribution in [3.05, 3.63) is 0 Å². The van der Waals surface area contributed by atoms with Crippen molar-refractivity contribution in [2.24, 2.45) is 0 Å². The average molecular weight is 425 g/mol. The Balaban J connectivity index is -0.000000513. The molecule has 0 amide bonds. The summed E-state index contributed by atoms with van der Waals surface area (Å²) in [6.07, 6.45) is 26.1. The van der Waals surface area contributed by atoms with E-state index in [9.17, 15) is 4.79 Å². The van der Waals surface area contributed by atoms with Gasteiger partial charge >= 0.3 is 35.5 Å². The van der Waals surface area contributed by atoms with Gasteiger partial charge in [-0.15, -0.1) is 0 Å². The van der Waals surface area contributed by atoms with Gasteiger partial charge in [-0.2, -0.15) is 0 Å². The van der Waals surface area contributed by atoms with Crippen LogP contribution in [0, 0.1) is 0 Å². The van der Waals surface area contributed by atoms with Gasteiger partial charge in [0.05, 0.1) is 0 Å². The van der Waals surface area contributed by atoms with Gasteiger partial charge in [-0.05, 0) is 6.42 Å². The first-order valence-corrected chi connectivity index (χ1v) is 11.9. The van der Waals surface area contributed by atoms with Crippen molar-refractivity contribution in [3.8, 4) is 0 Å². The Morgan fingerprint density at radius 1 is 0.552 bits per heavy atom. The fourth-order valence-electron chi connectivity index (χ4n) is 3.35. The van der Waals surface area contributed by atoms with E-state index in [0.29, 0.717) is 6.42 Å². The molecule has 0 aliphatic rings. The summed E-state index contributed by atoms with van der Waals surface area (Å²) >= 11 is 0. The number of unbranched alkanes of at least 4 members (excludes halogenated alkanes) is 18. The second-order valence-electron chi connectivity index (χ2n) is 8.03. The van der Waals surface area contributed by atoms with Crippen LogP contribution in [0.1, 0.15) is 144 Å². The molecule has 0 rings (SSSR count). The van der Waals surface area contributed by atoms with Crippen LogP contribution < -0.4 is 29.6 Å². The molecule has 0 saturated heterocycles. The standard InChI is InChI=1S/C22H44O2.C2H4O2.Na.H/c1-2-3-4-5-6-7-8-9-10-11-12-13-14-15-16-17-18-19-20-21-22(23)24;1-2(3)4;;/h2-21H2,1H3,(H,23,24);1H3,(H,3,4);;/q;;+1;-1. The third-order valence-corrected chi connectivity index (χ3v) is 4.99. The number of carbonyl (C=O) groups is 2. The van der Waals surface area contributed by atoms with E-state index >= 15 is 0 Å². The summed E-state index contributed by atoms with van der Waals surface area (Å²) in [5.74, 6) is -1.48. The van der Waals surface area contributed by atoms with E-state index in [-0.39, 0.29) is 31.0 Å². The molecule has 0 aromatic carbocycles. The van der Waals surface area contributed by atoms with Gasteiger partial charge in [0.25, 0.3) is 5.97 Å². The Hall–Kier alpha value is -0.0600. The Morgan fingerprint density at radius 2 is 0.759 bits per heavy atom. The Kier molecular flexibility index (Phi) is 34.9. The Morgan fingerprint density at radius 3 is 0.966 bits per heavy atom. The summed E-state index contributed by atoms with van der Waals surface area (Å²) in [5.41, 5.74) is 0. The first kappa shape index (κ1) is 33.6. The van der Waals surface area contributed by atoms with Gasteiger partial charge in [0.15, 0.2) is 0 Å². The van der Waals surface area contributed by atoms with Crippen molar-refractivity contribution in [1.82, 2.24) is 0 Å². The summed E-state index contributed by atoms with van der Waals surface area (Å²) in [7, 11) is 0. The first-order valence-electron chi connectivity index (χ1n) is 11.9. The number of aliphatic carboxylic acids is 2. The summed E-state index contributed by atoms with van der Waals surface area (Å²) < 4.78 is 0. The van der Waals surface area contributed by atoms with E-state index in [0.717, 1.165) is 19.8 Å². The van der Waals surface area contributed by atoms with Crippen LogP contribution in [0.5, 0.6) is 0 Å². The number of rotatable bonds is 20. The SMILES string of the molecule is CC(=O)O.CCCCCCCCCCCCCCCCCCCCCC(=O)O.[H-].[Na+]. The number of carboxylic acid groups (broad SMARTS) is 2. The molecule has 0 saturated carbocycles. The topological polar surface area (TPSA) is 74.6 Å². The van der Waals surface area contributed by atoms with Crippen LogP contribution in [-0.2, 0) is 9.59 Å². The van der Waals surface area contributed by atoms with Crippen LogP contribution >= 0.6 is 0 Å². The zero-order valence-electron chi connectivity index (χ0n) is 20.9. The van der Waals surface area contributed by atoms with Crippen molar-refractivity contribution < 1.29 is 50.8 Å². The minimum absolute atomic E-state index is 0. The van der Waals surface area contributed by atoms with Crippen LogP contribution in [0.3, 0.4) is 0 Å². The zero-order chi connectivity index (χ0) is 21.3. The molecule has 0 atom stereocenters. The normalized spacial score (nSPS) is 10.0. The maximum absolute atomic E-state index is 10.4. The predicted octanol–water partition coefficient (Wildman–Crippen LogP) is 5.10. The maximum atomic E-state index is 10.4. The molecular weight excluding hydrogens is 375 g/mol. The monoisotopic (exact) mass is 424 g/mol. The molecule has 4 nitrogen and oxygen atoms in total. The van der Waals surface area contributed by atoms with E-state index in [4.69, 9.17) is 15.0 Å². The Bertz CT molecular complexity index is 337. The zero-order valence-corrected chi connectivity index (χ0v) is 21.9. The summed E-state index contributed by atoms with van der Waals surface area (Å²) in [6.45, 7) is 3.37. The molecule has 0 aromatic rings. The number of carboxylic acids is 2. The molecule has 0 unspecified atom stereocenters. The Labute approximate surface area is 204 Å². The van der Waals surface area contributed by atoms with E-state index in [1.165, 1.54) is 109 Å². The number of hydrogen-bond acceptors (Lipinski definition) is 2. The molecule has 0 bridgehead atoms. The van der Waals surface area contributed by atoms with Crippen LogP contribution in [-0.4, -0.2) is 22.2 Å². The first-order chi connectivity index (χ1) is 13.5. The van der Waals surface area contributed by atoms with Crippen LogP contribution in [0.4, 0.5) is 0 Å². The molecule has 5 heteroatoms. The van der Waals surface area contributed by atoms with Gasteiger partial charge in [0, 0.05) is 13.3 Å². The molecule has 0 aromatic heterocycles. The molecule has 2 N–H and O–H groups in total. The summed E-state index contributed by atoms with van der Waals surface area (Å²) in [6, 6.07) is 0. The van der Waals surface area contributed by atoms with Crippen molar-refractivity contribution in [3.63, 3.8) is 0 Å². The van der Waals surface area contributed by atoms with E-state index < -0.39 is 11.9 Å². The summed E-state index contributed by atoms with van der Waals surface area (Å²) in [5, 5.41) is 16.0. The molecule has 0 spiro atoms. The van der Waals surface area contributed by atoms with Gasteiger partial charge in [-0.1, -0.05) is 122 Å². The molecular formula is C24H49NaO4. The third-order valence-electron chi connectivity index (χ3n) is 4.99. The minimum Gasteiger partial charge on any atom is -1.00 e.